The Kier molecular flexibility index (Phi) is 3.87. The molecule has 0 saturated heterocycles. The van der Waals surface area contributed by atoms with Gasteiger partial charge in [-0.25, -0.2) is 0 Å². The summed E-state index contributed by atoms with van der Waals surface area (Å²) in [5, 5.41) is 4.17. The second-order valence-corrected chi connectivity index (χ2v) is 4.61. The van der Waals surface area contributed by atoms with Crippen molar-refractivity contribution < 1.29 is 0 Å². The summed E-state index contributed by atoms with van der Waals surface area (Å²) >= 11 is 0. The van der Waals surface area contributed by atoms with Crippen LogP contribution in [0.15, 0.2) is 36.5 Å². The highest BCUT2D eigenvalue weighted by Crippen LogP contribution is 2.13. The van der Waals surface area contributed by atoms with E-state index >= 15 is 0 Å². The van der Waals surface area contributed by atoms with E-state index in [9.17, 15) is 0 Å². The van der Waals surface area contributed by atoms with E-state index in [0.717, 1.165) is 19.5 Å². The highest BCUT2D eigenvalue weighted by Gasteiger charge is 2.01. The molecule has 0 aliphatic heterocycles. The molecule has 0 unspecified atom stereocenters. The molecule has 18 heavy (non-hydrogen) atoms. The number of benzene rings is 1. The summed E-state index contributed by atoms with van der Waals surface area (Å²) < 4.78 is 1.89. The highest BCUT2D eigenvalue weighted by molar-refractivity contribution is 5.46. The van der Waals surface area contributed by atoms with Crippen molar-refractivity contribution in [2.75, 3.05) is 24.2 Å². The molecule has 1 heterocycles. The van der Waals surface area contributed by atoms with Crippen LogP contribution < -0.4 is 10.6 Å². The molecule has 0 amide bonds. The lowest BCUT2D eigenvalue weighted by Crippen LogP contribution is -2.19. The van der Waals surface area contributed by atoms with E-state index in [1.807, 2.05) is 16.9 Å². The Morgan fingerprint density at radius 1 is 1.22 bits per heavy atom. The van der Waals surface area contributed by atoms with Crippen molar-refractivity contribution in [3.8, 4) is 0 Å². The van der Waals surface area contributed by atoms with E-state index in [1.165, 1.54) is 11.3 Å². The van der Waals surface area contributed by atoms with Crippen LogP contribution in [0.5, 0.6) is 0 Å². The van der Waals surface area contributed by atoms with Crippen molar-refractivity contribution in [3.05, 3.63) is 42.1 Å². The van der Waals surface area contributed by atoms with Gasteiger partial charge in [-0.05, 0) is 31.5 Å². The topological polar surface area (TPSA) is 47.1 Å². The number of nitrogens with two attached hydrogens (primary N) is 1. The number of hydrogen-bond donors (Lipinski definition) is 1. The Labute approximate surface area is 108 Å². The Morgan fingerprint density at radius 3 is 2.56 bits per heavy atom. The fourth-order valence-electron chi connectivity index (χ4n) is 1.90. The van der Waals surface area contributed by atoms with Gasteiger partial charge in [-0.1, -0.05) is 17.7 Å². The predicted molar refractivity (Wildman–Crippen MR) is 75.7 cm³/mol. The number of aromatic nitrogens is 2. The molecule has 1 aromatic carbocycles. The van der Waals surface area contributed by atoms with E-state index in [-0.39, 0.29) is 0 Å². The van der Waals surface area contributed by atoms with Crippen molar-refractivity contribution in [2.24, 2.45) is 0 Å². The van der Waals surface area contributed by atoms with Crippen LogP contribution in [-0.4, -0.2) is 23.4 Å². The monoisotopic (exact) mass is 244 g/mol. The summed E-state index contributed by atoms with van der Waals surface area (Å²) in [4.78, 5) is 2.26. The minimum Gasteiger partial charge on any atom is -0.382 e. The number of rotatable bonds is 5. The molecule has 0 bridgehead atoms. The minimum atomic E-state index is 0.585. The first kappa shape index (κ1) is 12.5. The van der Waals surface area contributed by atoms with Crippen molar-refractivity contribution >= 4 is 11.5 Å². The zero-order valence-electron chi connectivity index (χ0n) is 11.0. The maximum absolute atomic E-state index is 5.57. The summed E-state index contributed by atoms with van der Waals surface area (Å²) in [5.74, 6) is 0.585. The molecule has 0 aliphatic carbocycles. The SMILES string of the molecule is Cc1ccc(N(C)CCCn2ccc(N)n2)cc1. The van der Waals surface area contributed by atoms with E-state index in [0.29, 0.717) is 5.82 Å². The van der Waals surface area contributed by atoms with Gasteiger partial charge >= 0.3 is 0 Å². The Bertz CT molecular complexity index is 487. The van der Waals surface area contributed by atoms with Crippen molar-refractivity contribution in [1.82, 2.24) is 9.78 Å². The smallest absolute Gasteiger partial charge is 0.145 e. The zero-order chi connectivity index (χ0) is 13.0. The summed E-state index contributed by atoms with van der Waals surface area (Å²) in [6.07, 6.45) is 2.96. The van der Waals surface area contributed by atoms with E-state index in [2.05, 4.69) is 48.2 Å². The molecule has 0 radical (unpaired) electrons. The molecule has 0 fully saturated rings. The molecular weight excluding hydrogens is 224 g/mol. The lowest BCUT2D eigenvalue weighted by molar-refractivity contribution is 0.580. The average Bonchev–Trinajstić information content (AvgIpc) is 2.76. The van der Waals surface area contributed by atoms with Gasteiger partial charge in [0.1, 0.15) is 5.82 Å². The molecule has 2 N–H and O–H groups in total. The number of nitrogens with zero attached hydrogens (tertiary/aromatic N) is 3. The van der Waals surface area contributed by atoms with Crippen LogP contribution in [0.4, 0.5) is 11.5 Å². The average molecular weight is 244 g/mol. The third kappa shape index (κ3) is 3.26. The standard InChI is InChI=1S/C14H20N4/c1-12-4-6-13(7-5-12)17(2)9-3-10-18-11-8-14(15)16-18/h4-8,11H,3,9-10H2,1-2H3,(H2,15,16). The molecule has 96 valence electrons. The van der Waals surface area contributed by atoms with Crippen LogP contribution in [-0.2, 0) is 6.54 Å². The maximum atomic E-state index is 5.57. The van der Waals surface area contributed by atoms with Crippen LogP contribution in [0.2, 0.25) is 0 Å². The molecule has 0 atom stereocenters. The van der Waals surface area contributed by atoms with Crippen LogP contribution in [0, 0.1) is 6.92 Å². The number of anilines is 2. The maximum Gasteiger partial charge on any atom is 0.145 e. The summed E-state index contributed by atoms with van der Waals surface area (Å²) in [6, 6.07) is 10.4. The van der Waals surface area contributed by atoms with Gasteiger partial charge < -0.3 is 10.6 Å². The van der Waals surface area contributed by atoms with Gasteiger partial charge in [0.15, 0.2) is 0 Å². The molecule has 1 aromatic heterocycles. The van der Waals surface area contributed by atoms with Gasteiger partial charge in [0.25, 0.3) is 0 Å². The van der Waals surface area contributed by atoms with Gasteiger partial charge in [-0.2, -0.15) is 5.10 Å². The first-order chi connectivity index (χ1) is 8.65. The lowest BCUT2D eigenvalue weighted by atomic mass is 10.2. The zero-order valence-corrected chi connectivity index (χ0v) is 11.0. The Morgan fingerprint density at radius 2 is 1.94 bits per heavy atom. The molecule has 0 saturated carbocycles. The van der Waals surface area contributed by atoms with Crippen molar-refractivity contribution in [1.29, 1.82) is 0 Å². The molecule has 2 aromatic rings. The second kappa shape index (κ2) is 5.58. The quantitative estimate of drug-likeness (QED) is 0.878. The summed E-state index contributed by atoms with van der Waals surface area (Å²) in [7, 11) is 2.11. The van der Waals surface area contributed by atoms with Gasteiger partial charge in [0, 0.05) is 32.0 Å². The second-order valence-electron chi connectivity index (χ2n) is 4.61. The molecular formula is C14H20N4. The normalized spacial score (nSPS) is 10.6. The predicted octanol–water partition coefficient (Wildman–Crippen LogP) is 2.30. The van der Waals surface area contributed by atoms with E-state index in [1.54, 1.807) is 0 Å². The van der Waals surface area contributed by atoms with Gasteiger partial charge in [0.05, 0.1) is 0 Å². The molecule has 4 heteroatoms. The van der Waals surface area contributed by atoms with Gasteiger partial charge in [-0.15, -0.1) is 0 Å². The molecule has 0 aliphatic rings. The van der Waals surface area contributed by atoms with E-state index < -0.39 is 0 Å². The first-order valence-corrected chi connectivity index (χ1v) is 6.22. The Balaban J connectivity index is 1.81. The minimum absolute atomic E-state index is 0.585. The fraction of sp³-hybridized carbons (Fsp3) is 0.357. The third-order valence-corrected chi connectivity index (χ3v) is 3.02. The van der Waals surface area contributed by atoms with Crippen molar-refractivity contribution in [2.45, 2.75) is 19.9 Å². The van der Waals surface area contributed by atoms with Gasteiger partial charge in [0.2, 0.25) is 0 Å². The number of hydrogen-bond acceptors (Lipinski definition) is 3. The van der Waals surface area contributed by atoms with E-state index in [4.69, 9.17) is 5.73 Å². The number of nitrogen functional groups attached to an aromatic ring is 1. The largest absolute Gasteiger partial charge is 0.382 e. The van der Waals surface area contributed by atoms with Crippen LogP contribution in [0.3, 0.4) is 0 Å². The summed E-state index contributed by atoms with van der Waals surface area (Å²) in [6.45, 7) is 4.00. The summed E-state index contributed by atoms with van der Waals surface area (Å²) in [5.41, 5.74) is 8.11. The molecule has 4 nitrogen and oxygen atoms in total. The fourth-order valence-corrected chi connectivity index (χ4v) is 1.90. The van der Waals surface area contributed by atoms with Crippen LogP contribution in [0.25, 0.3) is 0 Å². The van der Waals surface area contributed by atoms with Crippen LogP contribution in [0.1, 0.15) is 12.0 Å². The van der Waals surface area contributed by atoms with Gasteiger partial charge in [-0.3, -0.25) is 4.68 Å². The highest BCUT2D eigenvalue weighted by atomic mass is 15.3. The number of aryl methyl sites for hydroxylation is 2. The Hall–Kier alpha value is -1.97. The van der Waals surface area contributed by atoms with Crippen LogP contribution >= 0.6 is 0 Å². The third-order valence-electron chi connectivity index (χ3n) is 3.02. The first-order valence-electron chi connectivity index (χ1n) is 6.22. The molecule has 2 rings (SSSR count). The lowest BCUT2D eigenvalue weighted by Gasteiger charge is -2.19. The molecule has 0 spiro atoms. The van der Waals surface area contributed by atoms with Crippen molar-refractivity contribution in [3.63, 3.8) is 0 Å².